The van der Waals surface area contributed by atoms with E-state index in [9.17, 15) is 0 Å². The number of thiocarbonyl (C=S) groups is 1. The Hall–Kier alpha value is -3.19. The fourth-order valence-electron chi connectivity index (χ4n) is 3.75. The fourth-order valence-corrected chi connectivity index (χ4v) is 4.10. The molecule has 0 fully saturated rings. The number of ether oxygens (including phenoxy) is 1. The zero-order valence-electron chi connectivity index (χ0n) is 18.2. The monoisotopic (exact) mass is 434 g/mol. The third-order valence-electron chi connectivity index (χ3n) is 5.46. The van der Waals surface area contributed by atoms with Crippen molar-refractivity contribution in [2.45, 2.75) is 33.2 Å². The predicted octanol–water partition coefficient (Wildman–Crippen LogP) is 5.13. The van der Waals surface area contributed by atoms with Gasteiger partial charge in [-0.05, 0) is 62.3 Å². The van der Waals surface area contributed by atoms with E-state index in [-0.39, 0.29) is 6.04 Å². The van der Waals surface area contributed by atoms with Crippen LogP contribution < -0.4 is 10.1 Å². The summed E-state index contributed by atoms with van der Waals surface area (Å²) in [5.74, 6) is 1.81. The van der Waals surface area contributed by atoms with Crippen LogP contribution in [0.2, 0.25) is 0 Å². The molecule has 160 valence electrons. The smallest absolute Gasteiger partial charge is 0.258 e. The molecular formula is C24H26N4O2S. The number of aromatic nitrogens is 2. The second-order valence-corrected chi connectivity index (χ2v) is 7.98. The number of aryl methyl sites for hydroxylation is 1. The Morgan fingerprint density at radius 1 is 1.10 bits per heavy atom. The summed E-state index contributed by atoms with van der Waals surface area (Å²) in [6, 6.07) is 15.9. The quantitative estimate of drug-likeness (QED) is 0.540. The van der Waals surface area contributed by atoms with Crippen LogP contribution in [-0.4, -0.2) is 33.8 Å². The minimum absolute atomic E-state index is 0.162. The van der Waals surface area contributed by atoms with Crippen LogP contribution in [-0.2, 0) is 0 Å². The number of hydrogen-bond acceptors (Lipinski definition) is 5. The Bertz CT molecular complexity index is 1100. The zero-order valence-corrected chi connectivity index (χ0v) is 19.0. The Balaban J connectivity index is 1.78. The fraction of sp³-hybridized carbons (Fsp3) is 0.292. The highest BCUT2D eigenvalue weighted by atomic mass is 32.1. The lowest BCUT2D eigenvalue weighted by Gasteiger charge is -2.37. The molecule has 4 rings (SSSR count). The highest BCUT2D eigenvalue weighted by molar-refractivity contribution is 7.80. The van der Waals surface area contributed by atoms with Crippen molar-refractivity contribution in [3.8, 4) is 17.1 Å². The van der Waals surface area contributed by atoms with Gasteiger partial charge in [0, 0.05) is 17.8 Å². The predicted molar refractivity (Wildman–Crippen MR) is 126 cm³/mol. The van der Waals surface area contributed by atoms with Crippen molar-refractivity contribution in [3.63, 3.8) is 0 Å². The SMILES string of the molecule is CCCN1C(=S)NC(c2ccc(C)cc2)C(c2nc(-c3ccc(OC)cc3)no2)=C1C. The van der Waals surface area contributed by atoms with Gasteiger partial charge in [-0.15, -0.1) is 0 Å². The molecule has 1 unspecified atom stereocenters. The summed E-state index contributed by atoms with van der Waals surface area (Å²) in [5, 5.41) is 8.44. The van der Waals surface area contributed by atoms with Crippen molar-refractivity contribution in [2.75, 3.05) is 13.7 Å². The third-order valence-corrected chi connectivity index (χ3v) is 5.80. The number of nitrogens with one attached hydrogen (secondary N) is 1. The molecule has 0 bridgehead atoms. The van der Waals surface area contributed by atoms with Gasteiger partial charge in [0.05, 0.1) is 18.7 Å². The van der Waals surface area contributed by atoms with Crippen LogP contribution >= 0.6 is 12.2 Å². The molecule has 3 aromatic rings. The van der Waals surface area contributed by atoms with E-state index >= 15 is 0 Å². The summed E-state index contributed by atoms with van der Waals surface area (Å²) in [6.45, 7) is 7.10. The van der Waals surface area contributed by atoms with E-state index in [1.165, 1.54) is 5.56 Å². The molecule has 0 saturated heterocycles. The molecule has 0 saturated carbocycles. The second kappa shape index (κ2) is 8.89. The van der Waals surface area contributed by atoms with Gasteiger partial charge in [-0.1, -0.05) is 41.9 Å². The van der Waals surface area contributed by atoms with E-state index in [0.717, 1.165) is 41.1 Å². The summed E-state index contributed by atoms with van der Waals surface area (Å²) >= 11 is 5.68. The number of nitrogens with zero attached hydrogens (tertiary/aromatic N) is 3. The number of hydrogen-bond donors (Lipinski definition) is 1. The number of methoxy groups -OCH3 is 1. The van der Waals surface area contributed by atoms with Gasteiger partial charge in [0.25, 0.3) is 5.89 Å². The molecule has 31 heavy (non-hydrogen) atoms. The van der Waals surface area contributed by atoms with E-state index in [0.29, 0.717) is 16.8 Å². The van der Waals surface area contributed by atoms with Gasteiger partial charge < -0.3 is 19.5 Å². The van der Waals surface area contributed by atoms with Gasteiger partial charge >= 0.3 is 0 Å². The van der Waals surface area contributed by atoms with E-state index in [4.69, 9.17) is 26.5 Å². The van der Waals surface area contributed by atoms with Crippen molar-refractivity contribution in [1.29, 1.82) is 0 Å². The minimum Gasteiger partial charge on any atom is -0.497 e. The average Bonchev–Trinajstić information content (AvgIpc) is 3.26. The maximum Gasteiger partial charge on any atom is 0.258 e. The molecule has 2 aromatic carbocycles. The van der Waals surface area contributed by atoms with Gasteiger partial charge in [-0.3, -0.25) is 0 Å². The van der Waals surface area contributed by atoms with Crippen molar-refractivity contribution >= 4 is 22.9 Å². The van der Waals surface area contributed by atoms with Gasteiger partial charge in [-0.2, -0.15) is 4.98 Å². The first-order chi connectivity index (χ1) is 15.0. The third kappa shape index (κ3) is 4.18. The summed E-state index contributed by atoms with van der Waals surface area (Å²) in [5.41, 5.74) is 5.14. The van der Waals surface area contributed by atoms with Gasteiger partial charge in [0.2, 0.25) is 5.82 Å². The van der Waals surface area contributed by atoms with Crippen LogP contribution in [0.3, 0.4) is 0 Å². The van der Waals surface area contributed by atoms with Crippen molar-refractivity contribution in [1.82, 2.24) is 20.4 Å². The van der Waals surface area contributed by atoms with Crippen LogP contribution in [0.4, 0.5) is 0 Å². The van der Waals surface area contributed by atoms with Gasteiger partial charge in [0.1, 0.15) is 5.75 Å². The lowest BCUT2D eigenvalue weighted by atomic mass is 9.94. The molecule has 0 spiro atoms. The van der Waals surface area contributed by atoms with E-state index in [2.05, 4.69) is 60.4 Å². The molecule has 2 heterocycles. The summed E-state index contributed by atoms with van der Waals surface area (Å²) in [4.78, 5) is 6.84. The summed E-state index contributed by atoms with van der Waals surface area (Å²) in [7, 11) is 1.64. The second-order valence-electron chi connectivity index (χ2n) is 7.60. The summed E-state index contributed by atoms with van der Waals surface area (Å²) < 4.78 is 11.0. The maximum atomic E-state index is 5.76. The maximum absolute atomic E-state index is 5.76. The zero-order chi connectivity index (χ0) is 22.0. The molecule has 1 atom stereocenters. The summed E-state index contributed by atoms with van der Waals surface area (Å²) in [6.07, 6.45) is 0.975. The van der Waals surface area contributed by atoms with Crippen LogP contribution in [0.5, 0.6) is 5.75 Å². The Labute approximate surface area is 187 Å². The standard InChI is InChI=1S/C24H26N4O2S/c1-5-14-28-16(3)20(21(25-24(28)31)17-8-6-15(2)7-9-17)23-26-22(27-30-23)18-10-12-19(29-4)13-11-18/h6-13,21H,5,14H2,1-4H3,(H,25,31). The van der Waals surface area contributed by atoms with Crippen LogP contribution in [0.15, 0.2) is 58.8 Å². The van der Waals surface area contributed by atoms with E-state index in [1.54, 1.807) is 7.11 Å². The highest BCUT2D eigenvalue weighted by Crippen LogP contribution is 2.37. The Morgan fingerprint density at radius 3 is 2.45 bits per heavy atom. The molecule has 1 N–H and O–H groups in total. The lowest BCUT2D eigenvalue weighted by Crippen LogP contribution is -2.46. The minimum atomic E-state index is -0.162. The molecular weight excluding hydrogens is 408 g/mol. The molecule has 0 aliphatic carbocycles. The van der Waals surface area contributed by atoms with Gasteiger partial charge in [-0.25, -0.2) is 0 Å². The molecule has 1 aromatic heterocycles. The van der Waals surface area contributed by atoms with Crippen molar-refractivity contribution in [3.05, 3.63) is 71.2 Å². The average molecular weight is 435 g/mol. The Kier molecular flexibility index (Phi) is 6.04. The first-order valence-corrected chi connectivity index (χ1v) is 10.8. The molecule has 0 amide bonds. The largest absolute Gasteiger partial charge is 0.497 e. The van der Waals surface area contributed by atoms with Crippen molar-refractivity contribution < 1.29 is 9.26 Å². The van der Waals surface area contributed by atoms with E-state index in [1.807, 2.05) is 24.3 Å². The molecule has 0 radical (unpaired) electrons. The molecule has 7 heteroatoms. The molecule has 1 aliphatic rings. The molecule has 1 aliphatic heterocycles. The van der Waals surface area contributed by atoms with Crippen molar-refractivity contribution in [2.24, 2.45) is 0 Å². The van der Waals surface area contributed by atoms with Gasteiger partial charge in [0.15, 0.2) is 5.11 Å². The first kappa shape index (κ1) is 21.1. The van der Waals surface area contributed by atoms with Crippen LogP contribution in [0.25, 0.3) is 17.0 Å². The first-order valence-electron chi connectivity index (χ1n) is 10.4. The topological polar surface area (TPSA) is 63.4 Å². The number of benzene rings is 2. The Morgan fingerprint density at radius 2 is 1.81 bits per heavy atom. The van der Waals surface area contributed by atoms with E-state index < -0.39 is 0 Å². The number of rotatable bonds is 6. The van der Waals surface area contributed by atoms with Crippen LogP contribution in [0.1, 0.15) is 43.3 Å². The number of allylic oxidation sites excluding steroid dienone is 1. The molecule has 6 nitrogen and oxygen atoms in total. The lowest BCUT2D eigenvalue weighted by molar-refractivity contribution is 0.396. The highest BCUT2D eigenvalue weighted by Gasteiger charge is 2.33. The van der Waals surface area contributed by atoms with Crippen LogP contribution in [0, 0.1) is 6.92 Å². The normalized spacial score (nSPS) is 16.5.